The fourth-order valence-electron chi connectivity index (χ4n) is 0.816. The van der Waals surface area contributed by atoms with Crippen LogP contribution in [0.15, 0.2) is 12.3 Å². The van der Waals surface area contributed by atoms with Gasteiger partial charge in [0, 0.05) is 6.20 Å². The molecule has 0 aliphatic rings. The standard InChI is InChI=1S/C8H11N3O2/c1-2-13-8(12)6-3-4-10-7(5-9)11-6/h3-4H,2,5,9H2,1H3. The molecular formula is C8H11N3O2. The van der Waals surface area contributed by atoms with Crippen molar-refractivity contribution in [3.05, 3.63) is 23.8 Å². The molecular weight excluding hydrogens is 170 g/mol. The van der Waals surface area contributed by atoms with Crippen molar-refractivity contribution < 1.29 is 9.53 Å². The molecule has 0 aromatic carbocycles. The van der Waals surface area contributed by atoms with Crippen molar-refractivity contribution in [2.75, 3.05) is 6.61 Å². The largest absolute Gasteiger partial charge is 0.461 e. The first kappa shape index (κ1) is 9.60. The number of nitrogens with two attached hydrogens (primary N) is 1. The Morgan fingerprint density at radius 3 is 3.08 bits per heavy atom. The fraction of sp³-hybridized carbons (Fsp3) is 0.375. The quantitative estimate of drug-likeness (QED) is 0.669. The molecule has 1 aromatic rings. The number of hydrogen-bond donors (Lipinski definition) is 1. The first-order chi connectivity index (χ1) is 6.27. The van der Waals surface area contributed by atoms with Gasteiger partial charge in [0.15, 0.2) is 5.69 Å². The van der Waals surface area contributed by atoms with Crippen molar-refractivity contribution in [2.24, 2.45) is 5.73 Å². The van der Waals surface area contributed by atoms with Gasteiger partial charge in [-0.1, -0.05) is 0 Å². The van der Waals surface area contributed by atoms with Gasteiger partial charge in [0.05, 0.1) is 13.2 Å². The smallest absolute Gasteiger partial charge is 0.357 e. The van der Waals surface area contributed by atoms with E-state index in [1.807, 2.05) is 0 Å². The molecule has 0 aliphatic carbocycles. The van der Waals surface area contributed by atoms with Crippen LogP contribution in [0.5, 0.6) is 0 Å². The number of nitrogens with zero attached hydrogens (tertiary/aromatic N) is 2. The Hall–Kier alpha value is -1.49. The van der Waals surface area contributed by atoms with Crippen LogP contribution in [0.3, 0.4) is 0 Å². The summed E-state index contributed by atoms with van der Waals surface area (Å²) in [7, 11) is 0. The molecule has 0 bridgehead atoms. The van der Waals surface area contributed by atoms with Crippen molar-refractivity contribution in [3.8, 4) is 0 Å². The SMILES string of the molecule is CCOC(=O)c1ccnc(CN)n1. The van der Waals surface area contributed by atoms with Crippen LogP contribution in [0.25, 0.3) is 0 Å². The van der Waals surface area contributed by atoms with E-state index in [2.05, 4.69) is 9.97 Å². The van der Waals surface area contributed by atoms with Gasteiger partial charge in [-0.25, -0.2) is 14.8 Å². The summed E-state index contributed by atoms with van der Waals surface area (Å²) >= 11 is 0. The van der Waals surface area contributed by atoms with Crippen LogP contribution in [0.2, 0.25) is 0 Å². The zero-order valence-electron chi connectivity index (χ0n) is 7.36. The van der Waals surface area contributed by atoms with E-state index < -0.39 is 5.97 Å². The van der Waals surface area contributed by atoms with Gasteiger partial charge in [-0.15, -0.1) is 0 Å². The van der Waals surface area contributed by atoms with Crippen LogP contribution in [-0.4, -0.2) is 22.5 Å². The van der Waals surface area contributed by atoms with Crippen LogP contribution in [-0.2, 0) is 11.3 Å². The number of rotatable bonds is 3. The van der Waals surface area contributed by atoms with E-state index in [-0.39, 0.29) is 12.2 Å². The van der Waals surface area contributed by atoms with Crippen LogP contribution >= 0.6 is 0 Å². The van der Waals surface area contributed by atoms with Crippen LogP contribution < -0.4 is 5.73 Å². The maximum Gasteiger partial charge on any atom is 0.357 e. The molecule has 0 fully saturated rings. The van der Waals surface area contributed by atoms with E-state index >= 15 is 0 Å². The highest BCUT2D eigenvalue weighted by Gasteiger charge is 2.08. The summed E-state index contributed by atoms with van der Waals surface area (Å²) in [6, 6.07) is 1.50. The Kier molecular flexibility index (Phi) is 3.33. The highest BCUT2D eigenvalue weighted by Crippen LogP contribution is 1.97. The number of hydrogen-bond acceptors (Lipinski definition) is 5. The fourth-order valence-corrected chi connectivity index (χ4v) is 0.816. The Morgan fingerprint density at radius 1 is 1.69 bits per heavy atom. The minimum absolute atomic E-state index is 0.216. The van der Waals surface area contributed by atoms with Gasteiger partial charge in [0.25, 0.3) is 0 Å². The third-order valence-electron chi connectivity index (χ3n) is 1.37. The van der Waals surface area contributed by atoms with E-state index in [4.69, 9.17) is 10.5 Å². The molecule has 1 heterocycles. The van der Waals surface area contributed by atoms with Gasteiger partial charge in [-0.2, -0.15) is 0 Å². The normalized spacial score (nSPS) is 9.69. The molecule has 0 aliphatic heterocycles. The highest BCUT2D eigenvalue weighted by molar-refractivity contribution is 5.87. The van der Waals surface area contributed by atoms with Crippen LogP contribution in [0, 0.1) is 0 Å². The lowest BCUT2D eigenvalue weighted by Gasteiger charge is -2.01. The lowest BCUT2D eigenvalue weighted by atomic mass is 10.4. The molecule has 0 radical (unpaired) electrons. The van der Waals surface area contributed by atoms with E-state index in [1.54, 1.807) is 6.92 Å². The Morgan fingerprint density at radius 2 is 2.46 bits per heavy atom. The zero-order valence-corrected chi connectivity index (χ0v) is 7.36. The third-order valence-corrected chi connectivity index (χ3v) is 1.37. The van der Waals surface area contributed by atoms with Gasteiger partial charge in [-0.05, 0) is 13.0 Å². The molecule has 70 valence electrons. The highest BCUT2D eigenvalue weighted by atomic mass is 16.5. The maximum atomic E-state index is 11.2. The summed E-state index contributed by atoms with van der Waals surface area (Å²) in [4.78, 5) is 18.9. The minimum atomic E-state index is -0.445. The van der Waals surface area contributed by atoms with Crippen molar-refractivity contribution in [1.29, 1.82) is 0 Å². The third kappa shape index (κ3) is 2.48. The van der Waals surface area contributed by atoms with Crippen molar-refractivity contribution in [2.45, 2.75) is 13.5 Å². The molecule has 0 saturated heterocycles. The molecule has 0 spiro atoms. The number of aromatic nitrogens is 2. The van der Waals surface area contributed by atoms with Crippen LogP contribution in [0.1, 0.15) is 23.2 Å². The Balaban J connectivity index is 2.82. The molecule has 2 N–H and O–H groups in total. The second-order valence-corrected chi connectivity index (χ2v) is 2.28. The molecule has 0 saturated carbocycles. The van der Waals surface area contributed by atoms with Crippen molar-refractivity contribution in [3.63, 3.8) is 0 Å². The van der Waals surface area contributed by atoms with Gasteiger partial charge >= 0.3 is 5.97 Å². The monoisotopic (exact) mass is 181 g/mol. The average Bonchev–Trinajstić information content (AvgIpc) is 2.18. The van der Waals surface area contributed by atoms with E-state index in [0.29, 0.717) is 12.4 Å². The second-order valence-electron chi connectivity index (χ2n) is 2.28. The van der Waals surface area contributed by atoms with Crippen LogP contribution in [0.4, 0.5) is 0 Å². The van der Waals surface area contributed by atoms with Gasteiger partial charge in [0.2, 0.25) is 0 Å². The molecule has 13 heavy (non-hydrogen) atoms. The Labute approximate surface area is 75.9 Å². The number of ether oxygens (including phenoxy) is 1. The Bertz CT molecular complexity index is 301. The minimum Gasteiger partial charge on any atom is -0.461 e. The van der Waals surface area contributed by atoms with E-state index in [0.717, 1.165) is 0 Å². The maximum absolute atomic E-state index is 11.2. The molecule has 1 rings (SSSR count). The lowest BCUT2D eigenvalue weighted by Crippen LogP contribution is -2.11. The summed E-state index contributed by atoms with van der Waals surface area (Å²) in [5, 5.41) is 0. The van der Waals surface area contributed by atoms with Crippen molar-refractivity contribution >= 4 is 5.97 Å². The first-order valence-electron chi connectivity index (χ1n) is 3.97. The molecule has 5 heteroatoms. The summed E-state index contributed by atoms with van der Waals surface area (Å²) in [5.74, 6) is -0.00912. The number of carbonyl (C=O) groups excluding carboxylic acids is 1. The number of esters is 1. The second kappa shape index (κ2) is 4.51. The summed E-state index contributed by atoms with van der Waals surface area (Å²) in [5.41, 5.74) is 5.56. The van der Waals surface area contributed by atoms with E-state index in [9.17, 15) is 4.79 Å². The van der Waals surface area contributed by atoms with Gasteiger partial charge in [-0.3, -0.25) is 0 Å². The molecule has 1 aromatic heterocycles. The van der Waals surface area contributed by atoms with Gasteiger partial charge in [0.1, 0.15) is 5.82 Å². The predicted molar refractivity (Wildman–Crippen MR) is 45.9 cm³/mol. The van der Waals surface area contributed by atoms with Crippen molar-refractivity contribution in [1.82, 2.24) is 9.97 Å². The number of carbonyl (C=O) groups is 1. The summed E-state index contributed by atoms with van der Waals surface area (Å²) in [6.45, 7) is 2.29. The molecule has 0 amide bonds. The average molecular weight is 181 g/mol. The summed E-state index contributed by atoms with van der Waals surface area (Å²) in [6.07, 6.45) is 1.49. The molecule has 0 atom stereocenters. The van der Waals surface area contributed by atoms with E-state index in [1.165, 1.54) is 12.3 Å². The molecule has 5 nitrogen and oxygen atoms in total. The zero-order chi connectivity index (χ0) is 9.68. The molecule has 0 unspecified atom stereocenters. The van der Waals surface area contributed by atoms with Gasteiger partial charge < -0.3 is 10.5 Å². The topological polar surface area (TPSA) is 78.1 Å². The lowest BCUT2D eigenvalue weighted by molar-refractivity contribution is 0.0519. The predicted octanol–water partition coefficient (Wildman–Crippen LogP) is 0.112. The summed E-state index contributed by atoms with van der Waals surface area (Å²) < 4.78 is 4.76. The first-order valence-corrected chi connectivity index (χ1v) is 3.97.